The summed E-state index contributed by atoms with van der Waals surface area (Å²) in [5.41, 5.74) is 0.507. The van der Waals surface area contributed by atoms with E-state index in [-0.39, 0.29) is 11.5 Å². The first-order valence-electron chi connectivity index (χ1n) is 7.05. The molecular formula is C16H13NO5. The molecule has 0 saturated carbocycles. The molecule has 1 aliphatic heterocycles. The van der Waals surface area contributed by atoms with Crippen LogP contribution in [0.3, 0.4) is 0 Å². The number of rotatable bonds is 1. The number of carbonyl (C=O) groups excluding carboxylic acids is 1. The molecule has 1 saturated heterocycles. The Hall–Kier alpha value is -2.60. The average molecular weight is 299 g/mol. The van der Waals surface area contributed by atoms with Crippen LogP contribution < -0.4 is 5.63 Å². The van der Waals surface area contributed by atoms with Crippen LogP contribution in [0.1, 0.15) is 10.4 Å². The Morgan fingerprint density at radius 1 is 1.14 bits per heavy atom. The molecule has 1 aromatic carbocycles. The number of hydrogen-bond acceptors (Lipinski definition) is 5. The smallest absolute Gasteiger partial charge is 0.349 e. The van der Waals surface area contributed by atoms with Gasteiger partial charge in [-0.3, -0.25) is 4.79 Å². The van der Waals surface area contributed by atoms with E-state index in [0.29, 0.717) is 42.9 Å². The van der Waals surface area contributed by atoms with Crippen molar-refractivity contribution in [2.75, 3.05) is 26.3 Å². The first kappa shape index (κ1) is 13.1. The summed E-state index contributed by atoms with van der Waals surface area (Å²) in [6.07, 6.45) is 1.54. The molecule has 22 heavy (non-hydrogen) atoms. The fraction of sp³-hybridized carbons (Fsp3) is 0.250. The highest BCUT2D eigenvalue weighted by atomic mass is 16.5. The number of hydrogen-bond donors (Lipinski definition) is 0. The molecule has 1 aliphatic rings. The Kier molecular flexibility index (Phi) is 2.97. The molecule has 0 bridgehead atoms. The summed E-state index contributed by atoms with van der Waals surface area (Å²) in [4.78, 5) is 26.3. The van der Waals surface area contributed by atoms with Crippen LogP contribution in [0, 0.1) is 0 Å². The predicted octanol–water partition coefficient (Wildman–Crippen LogP) is 2.01. The molecule has 0 unspecified atom stereocenters. The zero-order valence-electron chi connectivity index (χ0n) is 11.7. The molecule has 112 valence electrons. The second-order valence-electron chi connectivity index (χ2n) is 5.17. The molecule has 6 heteroatoms. The van der Waals surface area contributed by atoms with Crippen LogP contribution in [0.15, 0.2) is 44.2 Å². The van der Waals surface area contributed by atoms with Crippen LogP contribution in [0.5, 0.6) is 0 Å². The van der Waals surface area contributed by atoms with Gasteiger partial charge in [0.25, 0.3) is 5.91 Å². The maximum Gasteiger partial charge on any atom is 0.349 e. The number of ether oxygens (including phenoxy) is 1. The normalized spacial score (nSPS) is 15.5. The molecule has 0 radical (unpaired) electrons. The third-order valence-corrected chi connectivity index (χ3v) is 3.86. The Morgan fingerprint density at radius 3 is 2.77 bits per heavy atom. The van der Waals surface area contributed by atoms with Crippen LogP contribution in [-0.4, -0.2) is 37.1 Å². The van der Waals surface area contributed by atoms with Gasteiger partial charge < -0.3 is 18.5 Å². The summed E-state index contributed by atoms with van der Waals surface area (Å²) >= 11 is 0. The number of fused-ring (bicyclic) bond motifs is 3. The van der Waals surface area contributed by atoms with Crippen molar-refractivity contribution in [1.29, 1.82) is 0 Å². The lowest BCUT2D eigenvalue weighted by Gasteiger charge is -2.26. The van der Waals surface area contributed by atoms with E-state index in [1.165, 1.54) is 6.26 Å². The summed E-state index contributed by atoms with van der Waals surface area (Å²) < 4.78 is 15.9. The molecular weight excluding hydrogens is 286 g/mol. The molecule has 6 nitrogen and oxygen atoms in total. The van der Waals surface area contributed by atoms with Gasteiger partial charge in [-0.1, -0.05) is 0 Å². The maximum atomic E-state index is 12.5. The molecule has 0 spiro atoms. The maximum absolute atomic E-state index is 12.5. The number of carbonyl (C=O) groups is 1. The molecule has 0 aliphatic carbocycles. The van der Waals surface area contributed by atoms with Gasteiger partial charge in [-0.15, -0.1) is 0 Å². The van der Waals surface area contributed by atoms with Crippen molar-refractivity contribution >= 4 is 27.8 Å². The Bertz CT molecular complexity index is 917. The zero-order chi connectivity index (χ0) is 15.1. The molecule has 3 aromatic rings. The standard InChI is InChI=1S/C16H13NO5/c18-15(17-4-7-20-8-5-17)12-9-10-1-2-13-11(3-6-21-13)14(10)22-16(12)19/h1-3,6,9H,4-5,7-8H2. The second-order valence-corrected chi connectivity index (χ2v) is 5.17. The lowest BCUT2D eigenvalue weighted by molar-refractivity contribution is 0.0300. The second kappa shape index (κ2) is 4.99. The van der Waals surface area contributed by atoms with Crippen molar-refractivity contribution in [1.82, 2.24) is 4.90 Å². The van der Waals surface area contributed by atoms with Crippen molar-refractivity contribution in [3.63, 3.8) is 0 Å². The first-order valence-corrected chi connectivity index (χ1v) is 7.05. The molecule has 2 aromatic heterocycles. The number of benzene rings is 1. The van der Waals surface area contributed by atoms with Crippen molar-refractivity contribution in [2.45, 2.75) is 0 Å². The van der Waals surface area contributed by atoms with Crippen LogP contribution in [0.2, 0.25) is 0 Å². The fourth-order valence-corrected chi connectivity index (χ4v) is 2.71. The number of nitrogens with zero attached hydrogens (tertiary/aromatic N) is 1. The molecule has 1 fully saturated rings. The van der Waals surface area contributed by atoms with Gasteiger partial charge in [0.05, 0.1) is 24.9 Å². The van der Waals surface area contributed by atoms with E-state index in [1.54, 1.807) is 29.2 Å². The van der Waals surface area contributed by atoms with E-state index in [9.17, 15) is 9.59 Å². The van der Waals surface area contributed by atoms with E-state index < -0.39 is 5.63 Å². The van der Waals surface area contributed by atoms with Crippen LogP contribution in [0.25, 0.3) is 21.9 Å². The highest BCUT2D eigenvalue weighted by Gasteiger charge is 2.22. The minimum atomic E-state index is -0.627. The third kappa shape index (κ3) is 2.00. The third-order valence-electron chi connectivity index (χ3n) is 3.86. The Morgan fingerprint density at radius 2 is 1.95 bits per heavy atom. The first-order chi connectivity index (χ1) is 10.7. The van der Waals surface area contributed by atoms with Crippen LogP contribution >= 0.6 is 0 Å². The van der Waals surface area contributed by atoms with E-state index >= 15 is 0 Å². The van der Waals surface area contributed by atoms with Gasteiger partial charge in [-0.2, -0.15) is 0 Å². The lowest BCUT2D eigenvalue weighted by atomic mass is 10.1. The van der Waals surface area contributed by atoms with Crippen molar-refractivity contribution < 1.29 is 18.4 Å². The monoisotopic (exact) mass is 299 g/mol. The van der Waals surface area contributed by atoms with E-state index in [0.717, 1.165) is 5.39 Å². The summed E-state index contributed by atoms with van der Waals surface area (Å²) in [5.74, 6) is -0.314. The average Bonchev–Trinajstić information content (AvgIpc) is 3.03. The summed E-state index contributed by atoms with van der Waals surface area (Å²) in [6, 6.07) is 6.90. The Balaban J connectivity index is 1.84. The Labute approximate surface area is 124 Å². The molecule has 4 rings (SSSR count). The van der Waals surface area contributed by atoms with Gasteiger partial charge in [0, 0.05) is 18.5 Å². The molecule has 3 heterocycles. The highest BCUT2D eigenvalue weighted by molar-refractivity contribution is 6.04. The summed E-state index contributed by atoms with van der Waals surface area (Å²) in [6.45, 7) is 1.94. The quantitative estimate of drug-likeness (QED) is 0.643. The van der Waals surface area contributed by atoms with Crippen molar-refractivity contribution in [2.24, 2.45) is 0 Å². The van der Waals surface area contributed by atoms with Gasteiger partial charge >= 0.3 is 5.63 Å². The number of amides is 1. The summed E-state index contributed by atoms with van der Waals surface area (Å²) in [7, 11) is 0. The fourth-order valence-electron chi connectivity index (χ4n) is 2.71. The van der Waals surface area contributed by atoms with Gasteiger partial charge in [-0.25, -0.2) is 4.79 Å². The largest absolute Gasteiger partial charge is 0.464 e. The topological polar surface area (TPSA) is 72.9 Å². The minimum Gasteiger partial charge on any atom is -0.464 e. The van der Waals surface area contributed by atoms with Crippen LogP contribution in [0.4, 0.5) is 0 Å². The predicted molar refractivity (Wildman–Crippen MR) is 79.0 cm³/mol. The van der Waals surface area contributed by atoms with E-state index in [4.69, 9.17) is 13.6 Å². The zero-order valence-corrected chi connectivity index (χ0v) is 11.7. The van der Waals surface area contributed by atoms with Gasteiger partial charge in [0.2, 0.25) is 0 Å². The molecule has 0 atom stereocenters. The minimum absolute atomic E-state index is 0.0530. The highest BCUT2D eigenvalue weighted by Crippen LogP contribution is 2.25. The van der Waals surface area contributed by atoms with Gasteiger partial charge in [0.1, 0.15) is 16.7 Å². The lowest BCUT2D eigenvalue weighted by Crippen LogP contribution is -2.42. The SMILES string of the molecule is O=C(c1cc2ccc3occc3c2oc1=O)N1CCOCC1. The van der Waals surface area contributed by atoms with E-state index in [2.05, 4.69) is 0 Å². The van der Waals surface area contributed by atoms with Gasteiger partial charge in [-0.05, 0) is 24.3 Å². The molecule has 0 N–H and O–H groups in total. The summed E-state index contributed by atoms with van der Waals surface area (Å²) in [5, 5.41) is 1.42. The van der Waals surface area contributed by atoms with Crippen molar-refractivity contribution in [3.05, 3.63) is 46.5 Å². The number of morpholine rings is 1. The van der Waals surface area contributed by atoms with E-state index in [1.807, 2.05) is 0 Å². The molecule has 1 amide bonds. The van der Waals surface area contributed by atoms with Gasteiger partial charge in [0.15, 0.2) is 0 Å². The number of furan rings is 1. The van der Waals surface area contributed by atoms with Crippen LogP contribution in [-0.2, 0) is 4.74 Å². The van der Waals surface area contributed by atoms with Crippen molar-refractivity contribution in [3.8, 4) is 0 Å².